The summed E-state index contributed by atoms with van der Waals surface area (Å²) in [5.74, 6) is -0.343. The summed E-state index contributed by atoms with van der Waals surface area (Å²) in [5.41, 5.74) is 2.91. The molecule has 2 aromatic carbocycles. The summed E-state index contributed by atoms with van der Waals surface area (Å²) in [7, 11) is 3.68. The van der Waals surface area contributed by atoms with E-state index in [2.05, 4.69) is 0 Å². The van der Waals surface area contributed by atoms with E-state index < -0.39 is 0 Å². The summed E-state index contributed by atoms with van der Waals surface area (Å²) in [6, 6.07) is 10.7. The molecule has 2 fully saturated rings. The van der Waals surface area contributed by atoms with E-state index in [1.54, 1.807) is 24.3 Å². The Kier molecular flexibility index (Phi) is 5.68. The van der Waals surface area contributed by atoms with Crippen LogP contribution in [0.3, 0.4) is 0 Å². The van der Waals surface area contributed by atoms with Gasteiger partial charge in [-0.2, -0.15) is 0 Å². The van der Waals surface area contributed by atoms with Crippen molar-refractivity contribution in [2.75, 3.05) is 37.0 Å². The van der Waals surface area contributed by atoms with E-state index in [-0.39, 0.29) is 34.1 Å². The molecule has 2 atom stereocenters. The van der Waals surface area contributed by atoms with Crippen molar-refractivity contribution in [1.82, 2.24) is 0 Å². The third kappa shape index (κ3) is 3.21. The lowest BCUT2D eigenvalue weighted by atomic mass is 10.2. The number of carbonyl (C=O) groups is 2. The zero-order chi connectivity index (χ0) is 23.6. The van der Waals surface area contributed by atoms with Gasteiger partial charge in [-0.05, 0) is 49.2 Å². The van der Waals surface area contributed by atoms with Gasteiger partial charge in [0.05, 0.1) is 11.4 Å². The zero-order valence-electron chi connectivity index (χ0n) is 18.1. The van der Waals surface area contributed by atoms with Crippen molar-refractivity contribution in [3.63, 3.8) is 0 Å². The maximum atomic E-state index is 13.2. The standard InChI is InChI=1S/C22H22Cl2N4O2S2/c1-13-8-9-15(23)10-18(13)26-20(30)12-28(4,22(26)32)27(3)11-19(29)25(21(27)31)17-7-5-6-16(24)14(17)2/h5-10H,11-12H2,1-4H3/q+2. The number of nitrogens with zero attached hydrogens (tertiary/aromatic N) is 4. The molecular weight excluding hydrogens is 487 g/mol. The van der Waals surface area contributed by atoms with Crippen LogP contribution in [0.1, 0.15) is 11.1 Å². The molecule has 4 rings (SSSR count). The predicted molar refractivity (Wildman–Crippen MR) is 135 cm³/mol. The van der Waals surface area contributed by atoms with Crippen LogP contribution in [0.2, 0.25) is 10.0 Å². The number of carbonyl (C=O) groups excluding carboxylic acids is 2. The molecule has 0 bridgehead atoms. The first kappa shape index (κ1) is 23.2. The molecule has 2 aliphatic rings. The fourth-order valence-corrected chi connectivity index (χ4v) is 5.50. The van der Waals surface area contributed by atoms with Gasteiger partial charge in [-0.25, -0.2) is 9.80 Å². The number of halogens is 2. The highest BCUT2D eigenvalue weighted by molar-refractivity contribution is 7.80. The number of hydrogen-bond acceptors (Lipinski definition) is 4. The number of aryl methyl sites for hydroxylation is 1. The van der Waals surface area contributed by atoms with Crippen molar-refractivity contribution < 1.29 is 18.8 Å². The lowest BCUT2D eigenvalue weighted by molar-refractivity contribution is -1.39. The van der Waals surface area contributed by atoms with Gasteiger partial charge >= 0.3 is 10.2 Å². The van der Waals surface area contributed by atoms with Crippen LogP contribution in [0.5, 0.6) is 0 Å². The average molecular weight is 509 g/mol. The third-order valence-corrected chi connectivity index (χ3v) is 8.25. The van der Waals surface area contributed by atoms with Crippen molar-refractivity contribution >= 4 is 81.1 Å². The van der Waals surface area contributed by atoms with Crippen LogP contribution in [0.15, 0.2) is 36.4 Å². The number of quaternary nitrogens is 2. The summed E-state index contributed by atoms with van der Waals surface area (Å²) in [4.78, 5) is 29.5. The molecule has 2 aromatic rings. The van der Waals surface area contributed by atoms with E-state index in [4.69, 9.17) is 47.6 Å². The first-order valence-electron chi connectivity index (χ1n) is 9.90. The van der Waals surface area contributed by atoms with Crippen LogP contribution >= 0.6 is 47.6 Å². The minimum Gasteiger partial charge on any atom is -0.267 e. The lowest BCUT2D eigenvalue weighted by Gasteiger charge is -2.40. The van der Waals surface area contributed by atoms with Crippen molar-refractivity contribution in [3.05, 3.63) is 57.6 Å². The van der Waals surface area contributed by atoms with Gasteiger partial charge in [0.15, 0.2) is 0 Å². The number of hydrogen-bond donors (Lipinski definition) is 0. The van der Waals surface area contributed by atoms with Gasteiger partial charge in [-0.15, -0.1) is 9.18 Å². The van der Waals surface area contributed by atoms with Gasteiger partial charge in [0.25, 0.3) is 11.8 Å². The highest BCUT2D eigenvalue weighted by Crippen LogP contribution is 2.39. The monoisotopic (exact) mass is 508 g/mol. The molecule has 2 amide bonds. The molecule has 0 N–H and O–H groups in total. The van der Waals surface area contributed by atoms with Crippen molar-refractivity contribution in [1.29, 1.82) is 0 Å². The Hall–Kier alpha value is -1.94. The Labute approximate surface area is 207 Å². The first-order chi connectivity index (χ1) is 14.9. The second-order valence-corrected chi connectivity index (χ2v) is 10.0. The quantitative estimate of drug-likeness (QED) is 0.455. The van der Waals surface area contributed by atoms with Gasteiger partial charge < -0.3 is 0 Å². The number of rotatable bonds is 3. The number of amides is 2. The molecule has 0 aromatic heterocycles. The lowest BCUT2D eigenvalue weighted by Crippen LogP contribution is -2.71. The topological polar surface area (TPSA) is 40.6 Å². The molecule has 2 unspecified atom stereocenters. The Bertz CT molecular complexity index is 1180. The summed E-state index contributed by atoms with van der Waals surface area (Å²) >= 11 is 24.2. The van der Waals surface area contributed by atoms with Crippen LogP contribution in [0.25, 0.3) is 0 Å². The van der Waals surface area contributed by atoms with E-state index in [0.29, 0.717) is 31.6 Å². The molecule has 0 aliphatic carbocycles. The minimum atomic E-state index is -0.171. The molecule has 2 saturated heterocycles. The van der Waals surface area contributed by atoms with E-state index in [0.717, 1.165) is 11.1 Å². The molecule has 0 spiro atoms. The number of likely N-dealkylation sites (N-methyl/N-ethyl adjacent to an activating group) is 2. The Morgan fingerprint density at radius 1 is 0.844 bits per heavy atom. The molecule has 0 saturated carbocycles. The van der Waals surface area contributed by atoms with E-state index in [1.165, 1.54) is 9.80 Å². The van der Waals surface area contributed by atoms with Gasteiger partial charge in [0.2, 0.25) is 13.1 Å². The highest BCUT2D eigenvalue weighted by atomic mass is 35.5. The smallest absolute Gasteiger partial charge is 0.267 e. The van der Waals surface area contributed by atoms with Crippen LogP contribution in [0.4, 0.5) is 11.4 Å². The molecule has 166 valence electrons. The van der Waals surface area contributed by atoms with Gasteiger partial charge in [-0.1, -0.05) is 35.3 Å². The molecular formula is C22H22Cl2N4O2S2+2. The highest BCUT2D eigenvalue weighted by Gasteiger charge is 2.66. The molecule has 2 heterocycles. The second-order valence-electron chi connectivity index (χ2n) is 8.43. The van der Waals surface area contributed by atoms with E-state index in [1.807, 2.05) is 40.1 Å². The summed E-state index contributed by atoms with van der Waals surface area (Å²) < 4.78 is -0.0540. The summed E-state index contributed by atoms with van der Waals surface area (Å²) in [5, 5.41) is 1.79. The van der Waals surface area contributed by atoms with Crippen LogP contribution in [-0.4, -0.2) is 58.4 Å². The maximum absolute atomic E-state index is 13.2. The SMILES string of the molecule is Cc1ccc(Cl)cc1N1C(=O)C[N+](C)([N+]2(C)CC(=O)N(c3cccc(Cl)c3C)C2=S)C1=S. The van der Waals surface area contributed by atoms with E-state index >= 15 is 0 Å². The Morgan fingerprint density at radius 2 is 1.38 bits per heavy atom. The predicted octanol–water partition coefficient (Wildman–Crippen LogP) is 4.38. The largest absolute Gasteiger partial charge is 0.333 e. The van der Waals surface area contributed by atoms with Crippen molar-refractivity contribution in [2.45, 2.75) is 13.8 Å². The Balaban J connectivity index is 1.77. The molecule has 6 nitrogen and oxygen atoms in total. The molecule has 2 aliphatic heterocycles. The third-order valence-electron chi connectivity index (χ3n) is 6.46. The van der Waals surface area contributed by atoms with Crippen molar-refractivity contribution in [3.8, 4) is 0 Å². The minimum absolute atomic E-state index is 0.0270. The van der Waals surface area contributed by atoms with Crippen LogP contribution < -0.4 is 9.80 Å². The van der Waals surface area contributed by atoms with Crippen molar-refractivity contribution in [2.24, 2.45) is 0 Å². The normalized spacial score (nSPS) is 25.9. The molecule has 0 radical (unpaired) electrons. The Morgan fingerprint density at radius 3 is 1.94 bits per heavy atom. The maximum Gasteiger partial charge on any atom is 0.333 e. The fourth-order valence-electron chi connectivity index (χ4n) is 4.27. The van der Waals surface area contributed by atoms with Gasteiger partial charge in [0, 0.05) is 34.5 Å². The van der Waals surface area contributed by atoms with Gasteiger partial charge in [0.1, 0.15) is 14.1 Å². The number of thiocarbonyl (C=S) groups is 2. The fraction of sp³-hybridized carbons (Fsp3) is 0.273. The van der Waals surface area contributed by atoms with E-state index in [9.17, 15) is 9.59 Å². The van der Waals surface area contributed by atoms with Crippen LogP contribution in [0, 0.1) is 13.8 Å². The first-order valence-corrected chi connectivity index (χ1v) is 11.5. The zero-order valence-corrected chi connectivity index (χ0v) is 21.2. The molecule has 32 heavy (non-hydrogen) atoms. The number of anilines is 2. The van der Waals surface area contributed by atoms with Gasteiger partial charge in [-0.3, -0.25) is 9.59 Å². The molecule has 10 heteroatoms. The van der Waals surface area contributed by atoms with Crippen LogP contribution in [-0.2, 0) is 9.59 Å². The second kappa shape index (κ2) is 7.83. The average Bonchev–Trinajstić information content (AvgIpc) is 3.10. The summed E-state index contributed by atoms with van der Waals surface area (Å²) in [6.45, 7) is 3.88. The number of benzene rings is 2. The summed E-state index contributed by atoms with van der Waals surface area (Å²) in [6.07, 6.45) is 0.